The first-order valence-corrected chi connectivity index (χ1v) is 16.1. The molecule has 220 valence electrons. The van der Waals surface area contributed by atoms with E-state index in [-0.39, 0.29) is 0 Å². The molecule has 6 rings (SSSR count). The summed E-state index contributed by atoms with van der Waals surface area (Å²) in [6.07, 6.45) is 7.40. The minimum absolute atomic E-state index is 0.317. The second-order valence-electron chi connectivity index (χ2n) is 12.6. The molecule has 0 unspecified atom stereocenters. The van der Waals surface area contributed by atoms with Gasteiger partial charge in [0.25, 0.3) is 0 Å². The van der Waals surface area contributed by atoms with Crippen LogP contribution >= 0.6 is 0 Å². The summed E-state index contributed by atoms with van der Waals surface area (Å²) in [6, 6.07) is 24.1. The van der Waals surface area contributed by atoms with Gasteiger partial charge in [-0.05, 0) is 104 Å². The fraction of sp³-hybridized carbons (Fsp3) is 0.459. The van der Waals surface area contributed by atoms with Crippen LogP contribution in [0.4, 0.5) is 0 Å². The number of likely N-dealkylation sites (tertiary alicyclic amines) is 1. The molecule has 42 heavy (non-hydrogen) atoms. The van der Waals surface area contributed by atoms with E-state index < -0.39 is 0 Å². The summed E-state index contributed by atoms with van der Waals surface area (Å²) in [4.78, 5) is 22.9. The third-order valence-electron chi connectivity index (χ3n) is 9.58. The van der Waals surface area contributed by atoms with E-state index in [0.717, 1.165) is 88.9 Å². The first-order chi connectivity index (χ1) is 20.6. The molecule has 3 aliphatic rings. The van der Waals surface area contributed by atoms with E-state index in [1.165, 1.54) is 52.6 Å². The maximum Gasteiger partial charge on any atom is 0.162 e. The Kier molecular flexibility index (Phi) is 9.47. The average molecular weight is 563 g/mol. The summed E-state index contributed by atoms with van der Waals surface area (Å²) in [5.41, 5.74) is 9.07. The van der Waals surface area contributed by atoms with Gasteiger partial charge < -0.3 is 5.32 Å². The molecule has 1 N–H and O–H groups in total. The number of hydrogen-bond acceptors (Lipinski definition) is 5. The van der Waals surface area contributed by atoms with Crippen molar-refractivity contribution < 1.29 is 4.79 Å². The van der Waals surface area contributed by atoms with Gasteiger partial charge >= 0.3 is 0 Å². The van der Waals surface area contributed by atoms with Gasteiger partial charge in [0.05, 0.1) is 6.54 Å². The molecule has 1 fully saturated rings. The lowest BCUT2D eigenvalue weighted by Crippen LogP contribution is -2.33. The number of carbonyl (C=O) groups excluding carboxylic acids is 1. The van der Waals surface area contributed by atoms with E-state index in [4.69, 9.17) is 0 Å². The molecule has 5 nitrogen and oxygen atoms in total. The van der Waals surface area contributed by atoms with Crippen LogP contribution < -0.4 is 5.32 Å². The van der Waals surface area contributed by atoms with Gasteiger partial charge in [0, 0.05) is 50.3 Å². The van der Waals surface area contributed by atoms with Crippen LogP contribution in [0.1, 0.15) is 75.8 Å². The second-order valence-corrected chi connectivity index (χ2v) is 12.6. The number of piperidine rings is 1. The standard InChI is InChI=1S/C37H46N4O/c1-28-6-2-3-9-35(28)27-41-22-16-31-12-13-33(25-32(31)17-23-41)36(42)11-5-7-29-14-20-40(21-15-29)26-30-8-4-10-34(24-30)37-38-18-19-39-37/h2-4,6,8-10,12-13,24-25,29H,5,7,11,14-23,26-27H2,1H3,(H,38,39). The first-order valence-electron chi connectivity index (χ1n) is 16.1. The maximum absolute atomic E-state index is 13.1. The minimum Gasteiger partial charge on any atom is -0.368 e. The Morgan fingerprint density at radius 3 is 2.50 bits per heavy atom. The van der Waals surface area contributed by atoms with Crippen LogP contribution in [0.25, 0.3) is 0 Å². The van der Waals surface area contributed by atoms with Crippen LogP contribution in [0, 0.1) is 12.8 Å². The zero-order valence-corrected chi connectivity index (χ0v) is 25.3. The number of benzene rings is 3. The third kappa shape index (κ3) is 7.37. The quantitative estimate of drug-likeness (QED) is 0.299. The summed E-state index contributed by atoms with van der Waals surface area (Å²) in [5, 5.41) is 3.38. The highest BCUT2D eigenvalue weighted by atomic mass is 16.1. The van der Waals surface area contributed by atoms with E-state index >= 15 is 0 Å². The molecule has 0 radical (unpaired) electrons. The number of nitrogens with one attached hydrogen (secondary N) is 1. The Morgan fingerprint density at radius 1 is 0.881 bits per heavy atom. The number of rotatable bonds is 10. The molecule has 3 heterocycles. The number of fused-ring (bicyclic) bond motifs is 1. The van der Waals surface area contributed by atoms with Crippen LogP contribution in [-0.2, 0) is 25.9 Å². The smallest absolute Gasteiger partial charge is 0.162 e. The van der Waals surface area contributed by atoms with Gasteiger partial charge in [0.2, 0.25) is 0 Å². The molecular formula is C37H46N4O. The predicted molar refractivity (Wildman–Crippen MR) is 172 cm³/mol. The van der Waals surface area contributed by atoms with Gasteiger partial charge in [-0.15, -0.1) is 0 Å². The Labute approximate surface area is 252 Å². The van der Waals surface area contributed by atoms with E-state index in [2.05, 4.69) is 93.8 Å². The van der Waals surface area contributed by atoms with Gasteiger partial charge in [-0.1, -0.05) is 54.6 Å². The number of hydrogen-bond donors (Lipinski definition) is 1. The Bertz CT molecular complexity index is 1400. The average Bonchev–Trinajstić information content (AvgIpc) is 3.49. The summed E-state index contributed by atoms with van der Waals surface area (Å²) >= 11 is 0. The molecule has 3 aromatic carbocycles. The number of nitrogens with zero attached hydrogens (tertiary/aromatic N) is 3. The van der Waals surface area contributed by atoms with Gasteiger partial charge in [-0.25, -0.2) is 0 Å². The van der Waals surface area contributed by atoms with Gasteiger partial charge in [-0.3, -0.25) is 19.6 Å². The maximum atomic E-state index is 13.1. The van der Waals surface area contributed by atoms with Crippen LogP contribution in [0.5, 0.6) is 0 Å². The Morgan fingerprint density at radius 2 is 1.69 bits per heavy atom. The first kappa shape index (κ1) is 28.8. The highest BCUT2D eigenvalue weighted by Gasteiger charge is 2.21. The zero-order valence-electron chi connectivity index (χ0n) is 25.3. The topological polar surface area (TPSA) is 47.9 Å². The van der Waals surface area contributed by atoms with Crippen molar-refractivity contribution in [3.05, 3.63) is 106 Å². The summed E-state index contributed by atoms with van der Waals surface area (Å²) in [7, 11) is 0. The monoisotopic (exact) mass is 562 g/mol. The molecular weight excluding hydrogens is 516 g/mol. The normalized spacial score (nSPS) is 18.3. The summed E-state index contributed by atoms with van der Waals surface area (Å²) < 4.78 is 0. The summed E-state index contributed by atoms with van der Waals surface area (Å²) in [5.74, 6) is 2.10. The second kappa shape index (κ2) is 13.8. The fourth-order valence-corrected chi connectivity index (χ4v) is 6.93. The number of Topliss-reactive ketones (excluding diaryl/α,β-unsaturated/α-hetero) is 1. The largest absolute Gasteiger partial charge is 0.368 e. The van der Waals surface area contributed by atoms with E-state index in [1.54, 1.807) is 0 Å². The van der Waals surface area contributed by atoms with Crippen molar-refractivity contribution in [3.8, 4) is 0 Å². The lowest BCUT2D eigenvalue weighted by Gasteiger charge is -2.32. The van der Waals surface area contributed by atoms with Crippen molar-refractivity contribution in [1.29, 1.82) is 0 Å². The lowest BCUT2D eigenvalue weighted by atomic mass is 9.90. The molecule has 0 saturated carbocycles. The fourth-order valence-electron chi connectivity index (χ4n) is 6.93. The van der Waals surface area contributed by atoms with Crippen LogP contribution in [0.2, 0.25) is 0 Å². The molecule has 0 bridgehead atoms. The zero-order chi connectivity index (χ0) is 28.7. The van der Waals surface area contributed by atoms with Gasteiger partial charge in [0.1, 0.15) is 5.84 Å². The third-order valence-corrected chi connectivity index (χ3v) is 9.58. The van der Waals surface area contributed by atoms with E-state index in [9.17, 15) is 4.79 Å². The van der Waals surface area contributed by atoms with Gasteiger partial charge in [0.15, 0.2) is 5.78 Å². The number of ketones is 1. The number of aryl methyl sites for hydroxylation is 1. The Balaban J connectivity index is 0.930. The highest BCUT2D eigenvalue weighted by molar-refractivity contribution is 5.99. The molecule has 0 aliphatic carbocycles. The van der Waals surface area contributed by atoms with Crippen molar-refractivity contribution in [2.24, 2.45) is 10.9 Å². The van der Waals surface area contributed by atoms with Crippen LogP contribution in [-0.4, -0.2) is 60.7 Å². The summed E-state index contributed by atoms with van der Waals surface area (Å²) in [6.45, 7) is 10.5. The molecule has 5 heteroatoms. The van der Waals surface area contributed by atoms with Crippen LogP contribution in [0.15, 0.2) is 71.7 Å². The van der Waals surface area contributed by atoms with Crippen molar-refractivity contribution in [1.82, 2.24) is 15.1 Å². The van der Waals surface area contributed by atoms with E-state index in [0.29, 0.717) is 12.2 Å². The van der Waals surface area contributed by atoms with Crippen molar-refractivity contribution in [3.63, 3.8) is 0 Å². The van der Waals surface area contributed by atoms with Crippen molar-refractivity contribution >= 4 is 11.6 Å². The molecule has 3 aromatic rings. The lowest BCUT2D eigenvalue weighted by molar-refractivity contribution is 0.0974. The SMILES string of the molecule is Cc1ccccc1CN1CCc2ccc(C(=O)CCCC3CCN(Cc4cccc(C5=NCCN5)c4)CC3)cc2CC1. The molecule has 0 spiro atoms. The Hall–Kier alpha value is -3.28. The number of amidine groups is 1. The highest BCUT2D eigenvalue weighted by Crippen LogP contribution is 2.26. The van der Waals surface area contributed by atoms with Crippen molar-refractivity contribution in [2.45, 2.75) is 65.0 Å². The minimum atomic E-state index is 0.317. The van der Waals surface area contributed by atoms with E-state index in [1.807, 2.05) is 0 Å². The molecule has 0 atom stereocenters. The number of aliphatic imine (C=N–C) groups is 1. The molecule has 1 saturated heterocycles. The number of carbonyl (C=O) groups is 1. The van der Waals surface area contributed by atoms with Crippen molar-refractivity contribution in [2.75, 3.05) is 39.3 Å². The molecule has 3 aliphatic heterocycles. The molecule has 0 amide bonds. The predicted octanol–water partition coefficient (Wildman–Crippen LogP) is 6.21. The molecule has 0 aromatic heterocycles. The van der Waals surface area contributed by atoms with Gasteiger partial charge in [-0.2, -0.15) is 0 Å². The van der Waals surface area contributed by atoms with Crippen LogP contribution in [0.3, 0.4) is 0 Å².